The Morgan fingerprint density at radius 1 is 1.11 bits per heavy atom. The molecule has 0 aliphatic rings. The van der Waals surface area contributed by atoms with Crippen molar-refractivity contribution in [2.75, 3.05) is 13.7 Å². The Balaban J connectivity index is 2.67. The first-order valence-corrected chi connectivity index (χ1v) is 7.54. The molecular weight excluding hydrogens is 234 g/mol. The summed E-state index contributed by atoms with van der Waals surface area (Å²) in [6.07, 6.45) is 3.87. The fourth-order valence-corrected chi connectivity index (χ4v) is 2.43. The van der Waals surface area contributed by atoms with Gasteiger partial charge in [0.2, 0.25) is 0 Å². The first kappa shape index (κ1) is 16.2. The van der Waals surface area contributed by atoms with Crippen LogP contribution >= 0.6 is 0 Å². The Labute approximate surface area is 118 Å². The second-order valence-corrected chi connectivity index (χ2v) is 5.46. The molecule has 0 fully saturated rings. The summed E-state index contributed by atoms with van der Waals surface area (Å²) in [5.74, 6) is 0.499. The van der Waals surface area contributed by atoms with Gasteiger partial charge in [0, 0.05) is 6.61 Å². The highest BCUT2D eigenvalue weighted by atomic mass is 16.5. The van der Waals surface area contributed by atoms with Crippen molar-refractivity contribution < 1.29 is 4.74 Å². The minimum atomic E-state index is 0.226. The van der Waals surface area contributed by atoms with E-state index >= 15 is 0 Å². The van der Waals surface area contributed by atoms with Crippen molar-refractivity contribution in [2.24, 2.45) is 5.92 Å². The van der Waals surface area contributed by atoms with Gasteiger partial charge in [-0.2, -0.15) is 0 Å². The number of unbranched alkanes of at least 4 members (excludes halogenated alkanes) is 2. The lowest BCUT2D eigenvalue weighted by Crippen LogP contribution is -2.35. The molecule has 0 saturated heterocycles. The van der Waals surface area contributed by atoms with E-state index in [1.165, 1.54) is 18.4 Å². The maximum absolute atomic E-state index is 6.15. The minimum absolute atomic E-state index is 0.226. The van der Waals surface area contributed by atoms with E-state index < -0.39 is 0 Å². The molecule has 19 heavy (non-hydrogen) atoms. The van der Waals surface area contributed by atoms with Crippen LogP contribution in [0.2, 0.25) is 0 Å². The molecule has 108 valence electrons. The molecule has 1 N–H and O–H groups in total. The Hall–Kier alpha value is -0.860. The molecule has 0 radical (unpaired) electrons. The highest BCUT2D eigenvalue weighted by molar-refractivity contribution is 5.20. The molecule has 0 aliphatic heterocycles. The van der Waals surface area contributed by atoms with Crippen LogP contribution in [0.5, 0.6) is 0 Å². The van der Waals surface area contributed by atoms with Gasteiger partial charge in [0.1, 0.15) is 0 Å². The lowest BCUT2D eigenvalue weighted by Gasteiger charge is -2.30. The van der Waals surface area contributed by atoms with Crippen molar-refractivity contribution in [3.63, 3.8) is 0 Å². The molecule has 2 unspecified atom stereocenters. The van der Waals surface area contributed by atoms with Crippen molar-refractivity contribution in [2.45, 2.75) is 52.2 Å². The van der Waals surface area contributed by atoms with Crippen LogP contribution in [0.15, 0.2) is 30.3 Å². The van der Waals surface area contributed by atoms with Crippen LogP contribution in [-0.2, 0) is 4.74 Å². The number of rotatable bonds is 9. The zero-order valence-corrected chi connectivity index (χ0v) is 12.9. The van der Waals surface area contributed by atoms with Gasteiger partial charge in [-0.1, -0.05) is 63.9 Å². The van der Waals surface area contributed by atoms with E-state index in [-0.39, 0.29) is 12.1 Å². The Kier molecular flexibility index (Phi) is 7.76. The third-order valence-corrected chi connectivity index (χ3v) is 3.51. The normalized spacial score (nSPS) is 14.6. The Morgan fingerprint density at radius 3 is 2.32 bits per heavy atom. The molecule has 0 aromatic heterocycles. The van der Waals surface area contributed by atoms with Crippen molar-refractivity contribution in [3.05, 3.63) is 35.9 Å². The predicted octanol–water partition coefficient (Wildman–Crippen LogP) is 4.18. The van der Waals surface area contributed by atoms with E-state index in [0.717, 1.165) is 13.0 Å². The molecule has 2 heteroatoms. The summed E-state index contributed by atoms with van der Waals surface area (Å²) < 4.78 is 6.15. The van der Waals surface area contributed by atoms with Gasteiger partial charge in [-0.3, -0.25) is 0 Å². The molecule has 0 spiro atoms. The number of likely N-dealkylation sites (N-methyl/N-ethyl adjacent to an activating group) is 1. The van der Waals surface area contributed by atoms with Gasteiger partial charge < -0.3 is 10.1 Å². The molecule has 0 heterocycles. The standard InChI is InChI=1S/C17H29NO/c1-5-6-10-13-19-17(14(2)3)16(18-4)15-11-8-7-9-12-15/h7-9,11-12,14,16-18H,5-6,10,13H2,1-4H3. The first-order valence-electron chi connectivity index (χ1n) is 7.54. The fraction of sp³-hybridized carbons (Fsp3) is 0.647. The van der Waals surface area contributed by atoms with Gasteiger partial charge >= 0.3 is 0 Å². The second-order valence-electron chi connectivity index (χ2n) is 5.46. The molecular formula is C17H29NO. The zero-order valence-electron chi connectivity index (χ0n) is 12.9. The summed E-state index contributed by atoms with van der Waals surface area (Å²) in [4.78, 5) is 0. The second kappa shape index (κ2) is 9.11. The highest BCUT2D eigenvalue weighted by Crippen LogP contribution is 2.24. The fourth-order valence-electron chi connectivity index (χ4n) is 2.43. The van der Waals surface area contributed by atoms with Crippen molar-refractivity contribution in [3.8, 4) is 0 Å². The van der Waals surface area contributed by atoms with Crippen molar-refractivity contribution in [1.29, 1.82) is 0 Å². The molecule has 0 amide bonds. The summed E-state index contributed by atoms with van der Waals surface area (Å²) in [6, 6.07) is 10.9. The van der Waals surface area contributed by atoms with Gasteiger partial charge in [-0.15, -0.1) is 0 Å². The van der Waals surface area contributed by atoms with E-state index in [1.54, 1.807) is 0 Å². The van der Waals surface area contributed by atoms with Crippen LogP contribution in [0.25, 0.3) is 0 Å². The van der Waals surface area contributed by atoms with Crippen LogP contribution in [0.4, 0.5) is 0 Å². The summed E-state index contributed by atoms with van der Waals surface area (Å²) >= 11 is 0. The van der Waals surface area contributed by atoms with Gasteiger partial charge in [0.05, 0.1) is 12.1 Å². The summed E-state index contributed by atoms with van der Waals surface area (Å²) in [6.45, 7) is 7.55. The van der Waals surface area contributed by atoms with Gasteiger partial charge in [-0.25, -0.2) is 0 Å². The summed E-state index contributed by atoms with van der Waals surface area (Å²) in [7, 11) is 2.02. The quantitative estimate of drug-likeness (QED) is 0.675. The van der Waals surface area contributed by atoms with E-state index in [2.05, 4.69) is 56.4 Å². The average molecular weight is 263 g/mol. The van der Waals surface area contributed by atoms with Crippen molar-refractivity contribution >= 4 is 0 Å². The molecule has 2 atom stereocenters. The number of hydrogen-bond donors (Lipinski definition) is 1. The van der Waals surface area contributed by atoms with E-state index in [4.69, 9.17) is 4.74 Å². The Bertz CT molecular complexity index is 323. The monoisotopic (exact) mass is 263 g/mol. The van der Waals surface area contributed by atoms with Crippen LogP contribution < -0.4 is 5.32 Å². The van der Waals surface area contributed by atoms with Crippen LogP contribution in [0.3, 0.4) is 0 Å². The maximum atomic E-state index is 6.15. The van der Waals surface area contributed by atoms with Gasteiger partial charge in [-0.05, 0) is 24.9 Å². The number of nitrogens with one attached hydrogen (secondary N) is 1. The van der Waals surface area contributed by atoms with Crippen LogP contribution in [0.1, 0.15) is 51.6 Å². The Morgan fingerprint density at radius 2 is 1.79 bits per heavy atom. The molecule has 0 bridgehead atoms. The third-order valence-electron chi connectivity index (χ3n) is 3.51. The topological polar surface area (TPSA) is 21.3 Å². The summed E-state index contributed by atoms with van der Waals surface area (Å²) in [5.41, 5.74) is 1.30. The van der Waals surface area contributed by atoms with Gasteiger partial charge in [0.25, 0.3) is 0 Å². The van der Waals surface area contributed by atoms with Crippen LogP contribution in [-0.4, -0.2) is 19.8 Å². The number of ether oxygens (including phenoxy) is 1. The molecule has 0 aliphatic carbocycles. The number of hydrogen-bond acceptors (Lipinski definition) is 2. The van der Waals surface area contributed by atoms with Gasteiger partial charge in [0.15, 0.2) is 0 Å². The largest absolute Gasteiger partial charge is 0.376 e. The lowest BCUT2D eigenvalue weighted by atomic mass is 9.93. The predicted molar refractivity (Wildman–Crippen MR) is 82.3 cm³/mol. The average Bonchev–Trinajstić information content (AvgIpc) is 2.43. The van der Waals surface area contributed by atoms with E-state index in [0.29, 0.717) is 5.92 Å². The van der Waals surface area contributed by atoms with E-state index in [1.807, 2.05) is 7.05 Å². The zero-order chi connectivity index (χ0) is 14.1. The smallest absolute Gasteiger partial charge is 0.0792 e. The first-order chi connectivity index (χ1) is 9.20. The minimum Gasteiger partial charge on any atom is -0.376 e. The highest BCUT2D eigenvalue weighted by Gasteiger charge is 2.25. The molecule has 1 aromatic carbocycles. The molecule has 1 rings (SSSR count). The molecule has 0 saturated carbocycles. The maximum Gasteiger partial charge on any atom is 0.0792 e. The SMILES string of the molecule is CCCCCOC(C(C)C)C(NC)c1ccccc1. The number of benzene rings is 1. The van der Waals surface area contributed by atoms with E-state index in [9.17, 15) is 0 Å². The third kappa shape index (κ3) is 5.33. The molecule has 2 nitrogen and oxygen atoms in total. The lowest BCUT2D eigenvalue weighted by molar-refractivity contribution is -0.00424. The van der Waals surface area contributed by atoms with Crippen LogP contribution in [0, 0.1) is 5.92 Å². The summed E-state index contributed by atoms with van der Waals surface area (Å²) in [5, 5.41) is 3.42. The van der Waals surface area contributed by atoms with Crippen molar-refractivity contribution in [1.82, 2.24) is 5.32 Å². The molecule has 1 aromatic rings.